The maximum Gasteiger partial charge on any atom is 0.239 e. The first-order valence-corrected chi connectivity index (χ1v) is 7.29. The normalized spacial score (nSPS) is 22.6. The van der Waals surface area contributed by atoms with Crippen LogP contribution in [-0.2, 0) is 4.79 Å². The van der Waals surface area contributed by atoms with E-state index < -0.39 is 0 Å². The Morgan fingerprint density at radius 2 is 1.67 bits per heavy atom. The molecule has 1 fully saturated rings. The van der Waals surface area contributed by atoms with Gasteiger partial charge < -0.3 is 10.6 Å². The lowest BCUT2D eigenvalue weighted by Gasteiger charge is -2.39. The molecule has 0 bridgehead atoms. The summed E-state index contributed by atoms with van der Waals surface area (Å²) in [4.78, 5) is 16.6. The Hall–Kier alpha value is -0.610. The molecule has 106 valence electrons. The van der Waals surface area contributed by atoms with Crippen LogP contribution in [-0.4, -0.2) is 54.0 Å². The first kappa shape index (κ1) is 15.4. The third kappa shape index (κ3) is 3.69. The Morgan fingerprint density at radius 3 is 2.11 bits per heavy atom. The molecule has 4 nitrogen and oxygen atoms in total. The van der Waals surface area contributed by atoms with E-state index in [0.717, 1.165) is 32.6 Å². The van der Waals surface area contributed by atoms with Gasteiger partial charge in [0.25, 0.3) is 0 Å². The van der Waals surface area contributed by atoms with Crippen LogP contribution in [0.2, 0.25) is 0 Å². The fourth-order valence-corrected chi connectivity index (χ4v) is 2.35. The SMILES string of the molecule is CCC(C)[C@H](N)C(=O)N1CCN(C(C)CC)CC1. The van der Waals surface area contributed by atoms with Gasteiger partial charge in [-0.15, -0.1) is 0 Å². The van der Waals surface area contributed by atoms with Crippen molar-refractivity contribution in [2.45, 2.75) is 52.6 Å². The van der Waals surface area contributed by atoms with Crippen molar-refractivity contribution >= 4 is 5.91 Å². The average Bonchev–Trinajstić information content (AvgIpc) is 2.44. The smallest absolute Gasteiger partial charge is 0.239 e. The summed E-state index contributed by atoms with van der Waals surface area (Å²) in [6.45, 7) is 12.2. The van der Waals surface area contributed by atoms with Crippen LogP contribution in [0, 0.1) is 5.92 Å². The van der Waals surface area contributed by atoms with Gasteiger partial charge in [-0.25, -0.2) is 0 Å². The zero-order valence-electron chi connectivity index (χ0n) is 12.4. The van der Waals surface area contributed by atoms with Gasteiger partial charge in [-0.1, -0.05) is 27.2 Å². The minimum atomic E-state index is -0.329. The summed E-state index contributed by atoms with van der Waals surface area (Å²) < 4.78 is 0. The Kier molecular flexibility index (Phi) is 6.09. The van der Waals surface area contributed by atoms with Crippen LogP contribution in [0.5, 0.6) is 0 Å². The Labute approximate surface area is 111 Å². The molecule has 2 N–H and O–H groups in total. The van der Waals surface area contributed by atoms with Gasteiger partial charge in [0.15, 0.2) is 0 Å². The van der Waals surface area contributed by atoms with Crippen molar-refractivity contribution in [3.05, 3.63) is 0 Å². The van der Waals surface area contributed by atoms with E-state index in [0.29, 0.717) is 6.04 Å². The molecule has 1 heterocycles. The van der Waals surface area contributed by atoms with Gasteiger partial charge in [0.05, 0.1) is 6.04 Å². The molecule has 0 aromatic heterocycles. The summed E-state index contributed by atoms with van der Waals surface area (Å²) in [6.07, 6.45) is 2.13. The first-order valence-electron chi connectivity index (χ1n) is 7.29. The zero-order chi connectivity index (χ0) is 13.7. The van der Waals surface area contributed by atoms with Crippen molar-refractivity contribution in [3.63, 3.8) is 0 Å². The number of amides is 1. The molecule has 1 aliphatic heterocycles. The number of hydrogen-bond acceptors (Lipinski definition) is 3. The van der Waals surface area contributed by atoms with Crippen LogP contribution in [0.15, 0.2) is 0 Å². The van der Waals surface area contributed by atoms with Crippen molar-refractivity contribution in [1.82, 2.24) is 9.80 Å². The van der Waals surface area contributed by atoms with Crippen LogP contribution in [0.3, 0.4) is 0 Å². The van der Waals surface area contributed by atoms with Gasteiger partial charge in [-0.05, 0) is 19.3 Å². The fraction of sp³-hybridized carbons (Fsp3) is 0.929. The van der Waals surface area contributed by atoms with E-state index in [1.165, 1.54) is 6.42 Å². The van der Waals surface area contributed by atoms with E-state index in [9.17, 15) is 4.79 Å². The summed E-state index contributed by atoms with van der Waals surface area (Å²) in [5, 5.41) is 0. The number of carbonyl (C=O) groups is 1. The molecule has 3 atom stereocenters. The second-order valence-corrected chi connectivity index (χ2v) is 5.53. The second-order valence-electron chi connectivity index (χ2n) is 5.53. The molecule has 0 saturated carbocycles. The number of nitrogens with zero attached hydrogens (tertiary/aromatic N) is 2. The maximum absolute atomic E-state index is 12.2. The van der Waals surface area contributed by atoms with E-state index in [-0.39, 0.29) is 17.9 Å². The fourth-order valence-electron chi connectivity index (χ4n) is 2.35. The number of hydrogen-bond donors (Lipinski definition) is 1. The van der Waals surface area contributed by atoms with Gasteiger partial charge in [0.1, 0.15) is 0 Å². The molecule has 18 heavy (non-hydrogen) atoms. The van der Waals surface area contributed by atoms with Gasteiger partial charge in [-0.3, -0.25) is 9.69 Å². The van der Waals surface area contributed by atoms with Gasteiger partial charge in [0.2, 0.25) is 5.91 Å². The topological polar surface area (TPSA) is 49.6 Å². The molecule has 0 aromatic carbocycles. The monoisotopic (exact) mass is 255 g/mol. The highest BCUT2D eigenvalue weighted by Crippen LogP contribution is 2.13. The Bertz CT molecular complexity index is 262. The van der Waals surface area contributed by atoms with E-state index in [4.69, 9.17) is 5.73 Å². The minimum Gasteiger partial charge on any atom is -0.339 e. The molecular weight excluding hydrogens is 226 g/mol. The van der Waals surface area contributed by atoms with Crippen molar-refractivity contribution in [3.8, 4) is 0 Å². The van der Waals surface area contributed by atoms with Crippen LogP contribution < -0.4 is 5.73 Å². The molecule has 2 unspecified atom stereocenters. The van der Waals surface area contributed by atoms with Gasteiger partial charge in [-0.2, -0.15) is 0 Å². The van der Waals surface area contributed by atoms with Crippen molar-refractivity contribution in [2.24, 2.45) is 11.7 Å². The lowest BCUT2D eigenvalue weighted by molar-refractivity contribution is -0.135. The number of carbonyl (C=O) groups excluding carboxylic acids is 1. The summed E-state index contributed by atoms with van der Waals surface area (Å²) in [5.74, 6) is 0.401. The summed E-state index contributed by atoms with van der Waals surface area (Å²) in [6, 6.07) is 0.288. The molecule has 1 amide bonds. The van der Waals surface area contributed by atoms with Gasteiger partial charge in [0, 0.05) is 32.2 Å². The lowest BCUT2D eigenvalue weighted by Crippen LogP contribution is -2.55. The predicted octanol–water partition coefficient (Wildman–Crippen LogP) is 1.30. The third-order valence-electron chi connectivity index (χ3n) is 4.38. The first-order chi connectivity index (χ1) is 8.51. The van der Waals surface area contributed by atoms with Crippen LogP contribution in [0.25, 0.3) is 0 Å². The quantitative estimate of drug-likeness (QED) is 0.805. The molecule has 0 aliphatic carbocycles. The Balaban J connectivity index is 2.45. The van der Waals surface area contributed by atoms with Crippen LogP contribution >= 0.6 is 0 Å². The zero-order valence-corrected chi connectivity index (χ0v) is 12.4. The highest BCUT2D eigenvalue weighted by molar-refractivity contribution is 5.82. The van der Waals surface area contributed by atoms with Crippen molar-refractivity contribution in [2.75, 3.05) is 26.2 Å². The van der Waals surface area contributed by atoms with Crippen molar-refractivity contribution < 1.29 is 4.79 Å². The highest BCUT2D eigenvalue weighted by Gasteiger charge is 2.28. The van der Waals surface area contributed by atoms with E-state index in [2.05, 4.69) is 32.6 Å². The molecular formula is C14H29N3O. The molecule has 0 radical (unpaired) electrons. The molecule has 1 aliphatic rings. The number of piperazine rings is 1. The predicted molar refractivity (Wildman–Crippen MR) is 75.3 cm³/mol. The molecule has 0 spiro atoms. The lowest BCUT2D eigenvalue weighted by atomic mass is 9.98. The second kappa shape index (κ2) is 7.10. The largest absolute Gasteiger partial charge is 0.339 e. The number of rotatable bonds is 5. The van der Waals surface area contributed by atoms with Crippen LogP contribution in [0.4, 0.5) is 0 Å². The molecule has 4 heteroatoms. The maximum atomic E-state index is 12.2. The van der Waals surface area contributed by atoms with Crippen molar-refractivity contribution in [1.29, 1.82) is 0 Å². The third-order valence-corrected chi connectivity index (χ3v) is 4.38. The molecule has 1 saturated heterocycles. The Morgan fingerprint density at radius 1 is 1.11 bits per heavy atom. The minimum absolute atomic E-state index is 0.133. The van der Waals surface area contributed by atoms with E-state index >= 15 is 0 Å². The molecule has 0 aromatic rings. The van der Waals surface area contributed by atoms with E-state index in [1.54, 1.807) is 0 Å². The average molecular weight is 255 g/mol. The summed E-state index contributed by atoms with van der Waals surface area (Å²) in [7, 11) is 0. The molecule has 1 rings (SSSR count). The van der Waals surface area contributed by atoms with Crippen LogP contribution in [0.1, 0.15) is 40.5 Å². The van der Waals surface area contributed by atoms with E-state index in [1.807, 2.05) is 4.90 Å². The van der Waals surface area contributed by atoms with Gasteiger partial charge >= 0.3 is 0 Å². The summed E-state index contributed by atoms with van der Waals surface area (Å²) >= 11 is 0. The highest BCUT2D eigenvalue weighted by atomic mass is 16.2. The number of nitrogens with two attached hydrogens (primary N) is 1. The standard InChI is InChI=1S/C14H29N3O/c1-5-11(3)13(15)14(18)17-9-7-16(8-10-17)12(4)6-2/h11-13H,5-10,15H2,1-4H3/t11?,12?,13-/m0/s1. The summed E-state index contributed by atoms with van der Waals surface area (Å²) in [5.41, 5.74) is 6.02.